The van der Waals surface area contributed by atoms with Gasteiger partial charge in [0, 0.05) is 13.6 Å². The fourth-order valence-electron chi connectivity index (χ4n) is 3.40. The maximum absolute atomic E-state index is 13.2. The van der Waals surface area contributed by atoms with Gasteiger partial charge in [0.15, 0.2) is 0 Å². The molecular formula is C25H27N3O4S. The first-order valence-electron chi connectivity index (χ1n) is 10.5. The highest BCUT2D eigenvalue weighted by atomic mass is 32.2. The van der Waals surface area contributed by atoms with Gasteiger partial charge in [-0.15, -0.1) is 0 Å². The van der Waals surface area contributed by atoms with Gasteiger partial charge in [0.25, 0.3) is 5.91 Å². The molecule has 1 atom stereocenters. The van der Waals surface area contributed by atoms with Gasteiger partial charge in [-0.3, -0.25) is 9.59 Å². The molecule has 3 aromatic rings. The smallest absolute Gasteiger partial charge is 0.253 e. The van der Waals surface area contributed by atoms with Crippen LogP contribution in [0.3, 0.4) is 0 Å². The quantitative estimate of drug-likeness (QED) is 0.507. The van der Waals surface area contributed by atoms with E-state index in [-0.39, 0.29) is 5.91 Å². The van der Waals surface area contributed by atoms with E-state index in [0.29, 0.717) is 29.8 Å². The summed E-state index contributed by atoms with van der Waals surface area (Å²) in [7, 11) is -2.30. The van der Waals surface area contributed by atoms with Crippen LogP contribution in [0.4, 0.5) is 5.69 Å². The maximum Gasteiger partial charge on any atom is 0.253 e. The third-order valence-electron chi connectivity index (χ3n) is 5.22. The van der Waals surface area contributed by atoms with E-state index in [0.717, 1.165) is 16.1 Å². The highest BCUT2D eigenvalue weighted by molar-refractivity contribution is 7.88. The molecule has 0 unspecified atom stereocenters. The standard InChI is InChI=1S/C25H27N3O4S/c1-28(33(2,31)32)23(20-13-7-4-8-14-20)25(30)27-22-16-10-9-15-21(22)24(29)26-18-17-19-11-5-3-6-12-19/h3-16,23H,17-18H2,1-2H3,(H,26,29)(H,27,30)/t23-/m1/s1. The van der Waals surface area contributed by atoms with Crippen LogP contribution in [-0.4, -0.2) is 44.4 Å². The van der Waals surface area contributed by atoms with Gasteiger partial charge in [0.2, 0.25) is 15.9 Å². The van der Waals surface area contributed by atoms with E-state index < -0.39 is 22.0 Å². The summed E-state index contributed by atoms with van der Waals surface area (Å²) in [4.78, 5) is 26.0. The van der Waals surface area contributed by atoms with Gasteiger partial charge in [0.05, 0.1) is 17.5 Å². The molecule has 8 heteroatoms. The summed E-state index contributed by atoms with van der Waals surface area (Å²) in [6.45, 7) is 0.439. The molecule has 0 aromatic heterocycles. The molecule has 0 heterocycles. The van der Waals surface area contributed by atoms with Crippen molar-refractivity contribution in [1.29, 1.82) is 0 Å². The van der Waals surface area contributed by atoms with Gasteiger partial charge in [-0.05, 0) is 29.7 Å². The SMILES string of the molecule is CN([C@@H](C(=O)Nc1ccccc1C(=O)NCCc1ccccc1)c1ccccc1)S(C)(=O)=O. The Morgan fingerprint density at radius 3 is 2.09 bits per heavy atom. The number of nitrogens with zero attached hydrogens (tertiary/aromatic N) is 1. The second kappa shape index (κ2) is 10.9. The lowest BCUT2D eigenvalue weighted by molar-refractivity contribution is -0.119. The second-order valence-electron chi connectivity index (χ2n) is 7.62. The van der Waals surface area contributed by atoms with Gasteiger partial charge >= 0.3 is 0 Å². The van der Waals surface area contributed by atoms with E-state index in [1.54, 1.807) is 54.6 Å². The Morgan fingerprint density at radius 2 is 1.45 bits per heavy atom. The highest BCUT2D eigenvalue weighted by Crippen LogP contribution is 2.25. The van der Waals surface area contributed by atoms with Crippen LogP contribution in [0.15, 0.2) is 84.9 Å². The molecule has 7 nitrogen and oxygen atoms in total. The number of sulfonamides is 1. The van der Waals surface area contributed by atoms with E-state index in [9.17, 15) is 18.0 Å². The van der Waals surface area contributed by atoms with Gasteiger partial charge in [-0.25, -0.2) is 8.42 Å². The summed E-state index contributed by atoms with van der Waals surface area (Å²) in [6, 6.07) is 24.0. The van der Waals surface area contributed by atoms with Crippen molar-refractivity contribution in [2.75, 3.05) is 25.2 Å². The Bertz CT molecular complexity index is 1200. The van der Waals surface area contributed by atoms with Crippen molar-refractivity contribution >= 4 is 27.5 Å². The van der Waals surface area contributed by atoms with Crippen LogP contribution in [0, 0.1) is 0 Å². The number of carbonyl (C=O) groups excluding carboxylic acids is 2. The fraction of sp³-hybridized carbons (Fsp3) is 0.200. The van der Waals surface area contributed by atoms with Crippen molar-refractivity contribution in [3.8, 4) is 0 Å². The molecule has 0 bridgehead atoms. The molecule has 0 spiro atoms. The minimum atomic E-state index is -3.66. The van der Waals surface area contributed by atoms with Crippen molar-refractivity contribution in [1.82, 2.24) is 9.62 Å². The van der Waals surface area contributed by atoms with Crippen molar-refractivity contribution in [2.45, 2.75) is 12.5 Å². The summed E-state index contributed by atoms with van der Waals surface area (Å²) in [5.41, 5.74) is 2.23. The number of rotatable bonds is 9. The number of anilines is 1. The number of nitrogens with one attached hydrogen (secondary N) is 2. The summed E-state index contributed by atoms with van der Waals surface area (Å²) in [5, 5.41) is 5.62. The summed E-state index contributed by atoms with van der Waals surface area (Å²) in [6.07, 6.45) is 1.72. The van der Waals surface area contributed by atoms with Crippen molar-refractivity contribution < 1.29 is 18.0 Å². The van der Waals surface area contributed by atoms with Gasteiger partial charge in [-0.2, -0.15) is 4.31 Å². The predicted molar refractivity (Wildman–Crippen MR) is 129 cm³/mol. The molecule has 0 aliphatic carbocycles. The Labute approximate surface area is 194 Å². The number of carbonyl (C=O) groups is 2. The van der Waals surface area contributed by atoms with E-state index in [1.165, 1.54) is 7.05 Å². The molecule has 0 fully saturated rings. The van der Waals surface area contributed by atoms with Crippen molar-refractivity contribution in [3.63, 3.8) is 0 Å². The summed E-state index contributed by atoms with van der Waals surface area (Å²) >= 11 is 0. The van der Waals surface area contributed by atoms with Crippen LogP contribution in [-0.2, 0) is 21.2 Å². The first-order chi connectivity index (χ1) is 15.8. The zero-order chi connectivity index (χ0) is 23.8. The van der Waals surface area contributed by atoms with Gasteiger partial charge in [0.1, 0.15) is 6.04 Å². The number of amides is 2. The Kier molecular flexibility index (Phi) is 7.97. The molecule has 0 saturated carbocycles. The third kappa shape index (κ3) is 6.50. The third-order valence-corrected chi connectivity index (χ3v) is 6.48. The minimum Gasteiger partial charge on any atom is -0.352 e. The van der Waals surface area contributed by atoms with Crippen LogP contribution in [0.2, 0.25) is 0 Å². The average Bonchev–Trinajstić information content (AvgIpc) is 2.80. The molecule has 33 heavy (non-hydrogen) atoms. The topological polar surface area (TPSA) is 95.6 Å². The molecule has 3 aromatic carbocycles. The van der Waals surface area contributed by atoms with E-state index in [1.807, 2.05) is 30.3 Å². The van der Waals surface area contributed by atoms with Gasteiger partial charge in [-0.1, -0.05) is 72.8 Å². The molecule has 172 valence electrons. The number of para-hydroxylation sites is 1. The molecule has 2 N–H and O–H groups in total. The summed E-state index contributed by atoms with van der Waals surface area (Å²) < 4.78 is 25.4. The highest BCUT2D eigenvalue weighted by Gasteiger charge is 2.31. The largest absolute Gasteiger partial charge is 0.352 e. The normalized spacial score (nSPS) is 12.2. The van der Waals surface area contributed by atoms with E-state index in [2.05, 4.69) is 10.6 Å². The predicted octanol–water partition coefficient (Wildman–Crippen LogP) is 3.23. The number of hydrogen-bond acceptors (Lipinski definition) is 4. The number of hydrogen-bond donors (Lipinski definition) is 2. The zero-order valence-corrected chi connectivity index (χ0v) is 19.4. The van der Waals surface area contributed by atoms with Crippen LogP contribution in [0.25, 0.3) is 0 Å². The van der Waals surface area contributed by atoms with Crippen molar-refractivity contribution in [3.05, 3.63) is 102 Å². The maximum atomic E-state index is 13.2. The monoisotopic (exact) mass is 465 g/mol. The molecular weight excluding hydrogens is 438 g/mol. The number of benzene rings is 3. The van der Waals surface area contributed by atoms with Crippen LogP contribution in [0.5, 0.6) is 0 Å². The Hall–Kier alpha value is -3.49. The molecule has 0 aliphatic heterocycles. The van der Waals surface area contributed by atoms with Crippen molar-refractivity contribution in [2.24, 2.45) is 0 Å². The first kappa shape index (κ1) is 24.2. The molecule has 3 rings (SSSR count). The van der Waals surface area contributed by atoms with Crippen LogP contribution < -0.4 is 10.6 Å². The fourth-order valence-corrected chi connectivity index (χ4v) is 4.01. The lowest BCUT2D eigenvalue weighted by atomic mass is 10.1. The minimum absolute atomic E-state index is 0.299. The van der Waals surface area contributed by atoms with Crippen LogP contribution in [0.1, 0.15) is 27.5 Å². The number of likely N-dealkylation sites (N-methyl/N-ethyl adjacent to an activating group) is 1. The average molecular weight is 466 g/mol. The van der Waals surface area contributed by atoms with E-state index in [4.69, 9.17) is 0 Å². The summed E-state index contributed by atoms with van der Waals surface area (Å²) in [5.74, 6) is -0.881. The molecule has 2 amide bonds. The second-order valence-corrected chi connectivity index (χ2v) is 9.66. The first-order valence-corrected chi connectivity index (χ1v) is 12.3. The Balaban J connectivity index is 1.77. The lowest BCUT2D eigenvalue weighted by Gasteiger charge is -2.26. The van der Waals surface area contributed by atoms with Gasteiger partial charge < -0.3 is 10.6 Å². The Morgan fingerprint density at radius 1 is 0.879 bits per heavy atom. The zero-order valence-electron chi connectivity index (χ0n) is 18.6. The van der Waals surface area contributed by atoms with E-state index >= 15 is 0 Å². The molecule has 0 radical (unpaired) electrons. The molecule has 0 aliphatic rings. The molecule has 0 saturated heterocycles. The van der Waals surface area contributed by atoms with Crippen LogP contribution >= 0.6 is 0 Å². The lowest BCUT2D eigenvalue weighted by Crippen LogP contribution is -2.38.